The first-order valence-corrected chi connectivity index (χ1v) is 7.35. The van der Waals surface area contributed by atoms with Gasteiger partial charge >= 0.3 is 0 Å². The van der Waals surface area contributed by atoms with Crippen molar-refractivity contribution >= 4 is 0 Å². The van der Waals surface area contributed by atoms with Gasteiger partial charge in [-0.05, 0) is 18.6 Å². The van der Waals surface area contributed by atoms with E-state index in [1.807, 2.05) is 18.2 Å². The predicted octanol–water partition coefficient (Wildman–Crippen LogP) is 2.54. The molecule has 1 unspecified atom stereocenters. The number of unbranched alkanes of at least 4 members (excludes halogenated alkanes) is 1. The Morgan fingerprint density at radius 3 is 2.48 bits per heavy atom. The largest absolute Gasteiger partial charge is 0.497 e. The summed E-state index contributed by atoms with van der Waals surface area (Å²) in [6.45, 7) is 4.52. The van der Waals surface area contributed by atoms with Gasteiger partial charge in [0.25, 0.3) is 0 Å². The maximum Gasteiger partial charge on any atom is 0.127 e. The normalized spacial score (nSPS) is 12.2. The molecule has 2 N–H and O–H groups in total. The van der Waals surface area contributed by atoms with E-state index in [0.29, 0.717) is 25.6 Å². The summed E-state index contributed by atoms with van der Waals surface area (Å²) >= 11 is 0. The topological polar surface area (TPSA) is 62.9 Å². The van der Waals surface area contributed by atoms with Gasteiger partial charge in [0.05, 0.1) is 40.1 Å². The molecule has 1 aromatic carbocycles. The van der Waals surface area contributed by atoms with Crippen molar-refractivity contribution in [3.63, 3.8) is 0 Å². The zero-order chi connectivity index (χ0) is 15.5. The Hall–Kier alpha value is -1.30. The van der Waals surface area contributed by atoms with Crippen LogP contribution in [0, 0.1) is 0 Å². The van der Waals surface area contributed by atoms with Crippen molar-refractivity contribution in [2.45, 2.75) is 25.8 Å². The van der Waals surface area contributed by atoms with Crippen molar-refractivity contribution < 1.29 is 18.9 Å². The molecule has 5 nitrogen and oxygen atoms in total. The van der Waals surface area contributed by atoms with Crippen LogP contribution in [0.3, 0.4) is 0 Å². The fraction of sp³-hybridized carbons (Fsp3) is 0.625. The van der Waals surface area contributed by atoms with Gasteiger partial charge in [0.2, 0.25) is 0 Å². The second-order valence-corrected chi connectivity index (χ2v) is 4.76. The van der Waals surface area contributed by atoms with Crippen LogP contribution in [0.25, 0.3) is 0 Å². The molecule has 120 valence electrons. The minimum atomic E-state index is -0.235. The Morgan fingerprint density at radius 1 is 1.05 bits per heavy atom. The van der Waals surface area contributed by atoms with Crippen LogP contribution in [-0.4, -0.2) is 40.6 Å². The van der Waals surface area contributed by atoms with Gasteiger partial charge in [-0.3, -0.25) is 0 Å². The number of nitrogens with two attached hydrogens (primary N) is 1. The molecule has 21 heavy (non-hydrogen) atoms. The monoisotopic (exact) mass is 297 g/mol. The van der Waals surface area contributed by atoms with Crippen LogP contribution in [0.2, 0.25) is 0 Å². The summed E-state index contributed by atoms with van der Waals surface area (Å²) in [6.07, 6.45) is 2.23. The van der Waals surface area contributed by atoms with Gasteiger partial charge in [0.15, 0.2) is 0 Å². The first-order valence-electron chi connectivity index (χ1n) is 7.35. The number of hydrogen-bond acceptors (Lipinski definition) is 5. The fourth-order valence-corrected chi connectivity index (χ4v) is 1.89. The molecule has 0 saturated heterocycles. The highest BCUT2D eigenvalue weighted by molar-refractivity contribution is 5.42. The van der Waals surface area contributed by atoms with E-state index in [9.17, 15) is 0 Å². The van der Waals surface area contributed by atoms with Crippen molar-refractivity contribution in [1.29, 1.82) is 0 Å². The molecule has 1 atom stereocenters. The molecule has 0 fully saturated rings. The maximum atomic E-state index is 6.14. The van der Waals surface area contributed by atoms with Gasteiger partial charge in [0.1, 0.15) is 11.5 Å². The highest BCUT2D eigenvalue weighted by Gasteiger charge is 2.13. The Labute approximate surface area is 127 Å². The summed E-state index contributed by atoms with van der Waals surface area (Å²) < 4.78 is 21.5. The summed E-state index contributed by atoms with van der Waals surface area (Å²) in [4.78, 5) is 0. The Bertz CT molecular complexity index is 398. The lowest BCUT2D eigenvalue weighted by molar-refractivity contribution is 0.0414. The van der Waals surface area contributed by atoms with Gasteiger partial charge in [-0.15, -0.1) is 0 Å². The van der Waals surface area contributed by atoms with Crippen LogP contribution in [0.1, 0.15) is 31.4 Å². The lowest BCUT2D eigenvalue weighted by atomic mass is 10.1. The van der Waals surface area contributed by atoms with Crippen molar-refractivity contribution in [3.8, 4) is 11.5 Å². The Kier molecular flexibility index (Phi) is 8.82. The summed E-state index contributed by atoms with van der Waals surface area (Å²) in [5.41, 5.74) is 7.05. The highest BCUT2D eigenvalue weighted by Crippen LogP contribution is 2.28. The minimum Gasteiger partial charge on any atom is -0.497 e. The summed E-state index contributed by atoms with van der Waals surface area (Å²) in [5, 5.41) is 0. The third kappa shape index (κ3) is 6.33. The molecule has 0 aliphatic rings. The maximum absolute atomic E-state index is 6.14. The van der Waals surface area contributed by atoms with Crippen LogP contribution in [0.5, 0.6) is 11.5 Å². The summed E-state index contributed by atoms with van der Waals surface area (Å²) in [5.74, 6) is 1.46. The van der Waals surface area contributed by atoms with Gasteiger partial charge in [0, 0.05) is 18.2 Å². The lowest BCUT2D eigenvalue weighted by Crippen LogP contribution is -2.19. The van der Waals surface area contributed by atoms with Crippen LogP contribution in [0.15, 0.2) is 18.2 Å². The van der Waals surface area contributed by atoms with E-state index in [-0.39, 0.29) is 6.04 Å². The van der Waals surface area contributed by atoms with E-state index >= 15 is 0 Å². The summed E-state index contributed by atoms with van der Waals surface area (Å²) in [6, 6.07) is 5.36. The molecular formula is C16H27NO4. The van der Waals surface area contributed by atoms with Gasteiger partial charge in [-0.2, -0.15) is 0 Å². The SMILES string of the molecule is CCCCOCCOCC(N)c1ccc(OC)cc1OC. The second-order valence-electron chi connectivity index (χ2n) is 4.76. The lowest BCUT2D eigenvalue weighted by Gasteiger charge is -2.16. The van der Waals surface area contributed by atoms with E-state index < -0.39 is 0 Å². The zero-order valence-electron chi connectivity index (χ0n) is 13.3. The number of hydrogen-bond donors (Lipinski definition) is 1. The van der Waals surface area contributed by atoms with E-state index in [4.69, 9.17) is 24.7 Å². The van der Waals surface area contributed by atoms with Gasteiger partial charge < -0.3 is 24.7 Å². The van der Waals surface area contributed by atoms with Crippen molar-refractivity contribution in [2.75, 3.05) is 40.6 Å². The molecule has 0 spiro atoms. The van der Waals surface area contributed by atoms with Crippen LogP contribution < -0.4 is 15.2 Å². The Balaban J connectivity index is 2.36. The number of methoxy groups -OCH3 is 2. The number of benzene rings is 1. The molecule has 1 rings (SSSR count). The molecule has 1 aromatic rings. The van der Waals surface area contributed by atoms with E-state index in [0.717, 1.165) is 30.8 Å². The molecule has 0 saturated carbocycles. The number of rotatable bonds is 11. The quantitative estimate of drug-likeness (QED) is 0.636. The predicted molar refractivity (Wildman–Crippen MR) is 83.0 cm³/mol. The van der Waals surface area contributed by atoms with Gasteiger partial charge in [-0.25, -0.2) is 0 Å². The molecule has 0 heterocycles. The van der Waals surface area contributed by atoms with Crippen molar-refractivity contribution in [2.24, 2.45) is 5.73 Å². The van der Waals surface area contributed by atoms with E-state index in [2.05, 4.69) is 6.92 Å². The second kappa shape index (κ2) is 10.4. The average molecular weight is 297 g/mol. The van der Waals surface area contributed by atoms with Crippen LogP contribution >= 0.6 is 0 Å². The summed E-state index contributed by atoms with van der Waals surface area (Å²) in [7, 11) is 3.24. The first-order chi connectivity index (χ1) is 10.2. The van der Waals surface area contributed by atoms with Crippen LogP contribution in [-0.2, 0) is 9.47 Å². The first kappa shape index (κ1) is 17.8. The fourth-order valence-electron chi connectivity index (χ4n) is 1.89. The third-order valence-electron chi connectivity index (χ3n) is 3.15. The molecule has 0 aromatic heterocycles. The molecule has 0 radical (unpaired) electrons. The molecule has 0 bridgehead atoms. The molecule has 0 amide bonds. The van der Waals surface area contributed by atoms with E-state index in [1.54, 1.807) is 14.2 Å². The minimum absolute atomic E-state index is 0.235. The van der Waals surface area contributed by atoms with Crippen molar-refractivity contribution in [3.05, 3.63) is 23.8 Å². The Morgan fingerprint density at radius 2 is 1.81 bits per heavy atom. The van der Waals surface area contributed by atoms with E-state index in [1.165, 1.54) is 0 Å². The smallest absolute Gasteiger partial charge is 0.127 e. The van der Waals surface area contributed by atoms with Crippen LogP contribution in [0.4, 0.5) is 0 Å². The molecule has 5 heteroatoms. The molecule has 0 aliphatic heterocycles. The van der Waals surface area contributed by atoms with Crippen molar-refractivity contribution in [1.82, 2.24) is 0 Å². The molecule has 0 aliphatic carbocycles. The number of ether oxygens (including phenoxy) is 4. The standard InChI is InChI=1S/C16H27NO4/c1-4-5-8-20-9-10-21-12-15(17)14-7-6-13(18-2)11-16(14)19-3/h6-7,11,15H,4-5,8-10,12,17H2,1-3H3. The van der Waals surface area contributed by atoms with Gasteiger partial charge in [-0.1, -0.05) is 13.3 Å². The zero-order valence-corrected chi connectivity index (χ0v) is 13.3. The third-order valence-corrected chi connectivity index (χ3v) is 3.15. The average Bonchev–Trinajstić information content (AvgIpc) is 2.53. The highest BCUT2D eigenvalue weighted by atomic mass is 16.5. The molecular weight excluding hydrogens is 270 g/mol.